The second-order valence-electron chi connectivity index (χ2n) is 6.76. The fraction of sp³-hybridized carbons (Fsp3) is 0.182. The summed E-state index contributed by atoms with van der Waals surface area (Å²) in [5, 5.41) is 6.95. The van der Waals surface area contributed by atoms with E-state index in [0.29, 0.717) is 16.3 Å². The minimum atomic E-state index is -4.50. The van der Waals surface area contributed by atoms with Gasteiger partial charge in [-0.15, -0.1) is 11.8 Å². The van der Waals surface area contributed by atoms with Gasteiger partial charge in [-0.25, -0.2) is 0 Å². The van der Waals surface area contributed by atoms with Gasteiger partial charge in [0, 0.05) is 26.6 Å². The van der Waals surface area contributed by atoms with Crippen LogP contribution in [0.5, 0.6) is 0 Å². The summed E-state index contributed by atoms with van der Waals surface area (Å²) in [6.07, 6.45) is -4.50. The van der Waals surface area contributed by atoms with E-state index in [9.17, 15) is 22.8 Å². The molecule has 0 fully saturated rings. The van der Waals surface area contributed by atoms with Gasteiger partial charge in [-0.1, -0.05) is 41.9 Å². The Kier molecular flexibility index (Phi) is 7.12. The van der Waals surface area contributed by atoms with E-state index in [0.717, 1.165) is 15.7 Å². The van der Waals surface area contributed by atoms with Crippen LogP contribution in [0.4, 0.5) is 18.9 Å². The summed E-state index contributed by atoms with van der Waals surface area (Å²) < 4.78 is 36.9. The molecule has 2 amide bonds. The number of fused-ring (bicyclic) bond motifs is 1. The van der Waals surface area contributed by atoms with Crippen LogP contribution in [0.1, 0.15) is 15.9 Å². The molecule has 0 bridgehead atoms. The molecule has 3 aromatic carbocycles. The van der Waals surface area contributed by atoms with Crippen LogP contribution in [0.15, 0.2) is 59.5 Å². The van der Waals surface area contributed by atoms with E-state index in [1.54, 1.807) is 19.1 Å². The highest BCUT2D eigenvalue weighted by Gasteiger charge is 2.28. The van der Waals surface area contributed by atoms with Crippen molar-refractivity contribution in [2.75, 3.05) is 17.6 Å². The van der Waals surface area contributed by atoms with E-state index in [1.807, 2.05) is 35.6 Å². The number of aryl methyl sites for hydroxylation is 1. The van der Waals surface area contributed by atoms with Crippen LogP contribution in [0.3, 0.4) is 0 Å². The molecule has 0 unspecified atom stereocenters. The largest absolute Gasteiger partial charge is 0.405 e. The first-order valence-corrected chi connectivity index (χ1v) is 10.6. The van der Waals surface area contributed by atoms with Crippen LogP contribution in [0, 0.1) is 6.92 Å². The number of anilines is 1. The monoisotopic (exact) mass is 466 g/mol. The molecule has 0 saturated carbocycles. The molecule has 9 heteroatoms. The zero-order chi connectivity index (χ0) is 22.6. The summed E-state index contributed by atoms with van der Waals surface area (Å²) in [7, 11) is 0. The van der Waals surface area contributed by atoms with Gasteiger partial charge < -0.3 is 10.6 Å². The maximum atomic E-state index is 12.5. The first kappa shape index (κ1) is 23.0. The summed E-state index contributed by atoms with van der Waals surface area (Å²) in [6, 6.07) is 15.6. The Hall–Kier alpha value is -2.71. The molecule has 2 N–H and O–H groups in total. The van der Waals surface area contributed by atoms with Gasteiger partial charge >= 0.3 is 6.18 Å². The molecule has 0 aliphatic rings. The van der Waals surface area contributed by atoms with Gasteiger partial charge in [0.2, 0.25) is 5.91 Å². The summed E-state index contributed by atoms with van der Waals surface area (Å²) in [5.41, 5.74) is 1.07. The first-order chi connectivity index (χ1) is 14.6. The minimum absolute atomic E-state index is 0.0265. The van der Waals surface area contributed by atoms with E-state index in [4.69, 9.17) is 11.6 Å². The number of halogens is 4. The Labute approximate surface area is 186 Å². The molecule has 3 rings (SSSR count). The van der Waals surface area contributed by atoms with Gasteiger partial charge in [0.15, 0.2) is 0 Å². The van der Waals surface area contributed by atoms with Crippen LogP contribution in [-0.4, -0.2) is 30.3 Å². The number of carbonyl (C=O) groups excluding carboxylic acids is 2. The molecule has 162 valence electrons. The molecule has 0 saturated heterocycles. The van der Waals surface area contributed by atoms with Crippen molar-refractivity contribution < 1.29 is 22.8 Å². The van der Waals surface area contributed by atoms with Crippen molar-refractivity contribution >= 4 is 51.6 Å². The highest BCUT2D eigenvalue weighted by atomic mass is 35.5. The van der Waals surface area contributed by atoms with E-state index >= 15 is 0 Å². The molecule has 0 aliphatic heterocycles. The van der Waals surface area contributed by atoms with Crippen LogP contribution >= 0.6 is 23.4 Å². The zero-order valence-corrected chi connectivity index (χ0v) is 17.9. The third kappa shape index (κ3) is 6.15. The standard InChI is InChI=1S/C22H18ClF3N2O2S/c1-13-8-9-15(21(30)27-12-22(24,25)26)10-17(13)28-19(29)11-31-18-7-3-5-14-4-2-6-16(23)20(14)18/h2-10H,11-12H2,1H3,(H,27,30)(H,28,29). The van der Waals surface area contributed by atoms with Gasteiger partial charge in [0.05, 0.1) is 5.75 Å². The van der Waals surface area contributed by atoms with Gasteiger partial charge in [0.1, 0.15) is 6.54 Å². The Balaban J connectivity index is 1.68. The van der Waals surface area contributed by atoms with Crippen molar-refractivity contribution in [3.8, 4) is 0 Å². The molecular formula is C22H18ClF3N2O2S. The molecule has 3 aromatic rings. The number of hydrogen-bond donors (Lipinski definition) is 2. The van der Waals surface area contributed by atoms with E-state index < -0.39 is 18.6 Å². The van der Waals surface area contributed by atoms with Crippen molar-refractivity contribution in [1.82, 2.24) is 5.32 Å². The van der Waals surface area contributed by atoms with Crippen molar-refractivity contribution in [2.24, 2.45) is 0 Å². The predicted molar refractivity (Wildman–Crippen MR) is 118 cm³/mol. The van der Waals surface area contributed by atoms with Crippen molar-refractivity contribution in [2.45, 2.75) is 18.0 Å². The number of thioether (sulfide) groups is 1. The van der Waals surface area contributed by atoms with Crippen LogP contribution in [0.25, 0.3) is 10.8 Å². The van der Waals surface area contributed by atoms with E-state index in [2.05, 4.69) is 5.32 Å². The molecule has 0 aromatic heterocycles. The Morgan fingerprint density at radius 1 is 1.06 bits per heavy atom. The Morgan fingerprint density at radius 2 is 1.77 bits per heavy atom. The topological polar surface area (TPSA) is 58.2 Å². The van der Waals surface area contributed by atoms with E-state index in [1.165, 1.54) is 23.9 Å². The van der Waals surface area contributed by atoms with Gasteiger partial charge in [0.25, 0.3) is 5.91 Å². The lowest BCUT2D eigenvalue weighted by Crippen LogP contribution is -2.33. The average molecular weight is 467 g/mol. The quantitative estimate of drug-likeness (QED) is 0.450. The molecule has 0 spiro atoms. The number of rotatable bonds is 6. The second-order valence-corrected chi connectivity index (χ2v) is 8.18. The molecule has 31 heavy (non-hydrogen) atoms. The van der Waals surface area contributed by atoms with Gasteiger partial charge in [-0.2, -0.15) is 13.2 Å². The zero-order valence-electron chi connectivity index (χ0n) is 16.3. The van der Waals surface area contributed by atoms with Crippen LogP contribution in [-0.2, 0) is 4.79 Å². The number of amides is 2. The Morgan fingerprint density at radius 3 is 2.48 bits per heavy atom. The molecule has 4 nitrogen and oxygen atoms in total. The normalized spacial score (nSPS) is 11.4. The number of carbonyl (C=O) groups is 2. The molecule has 0 radical (unpaired) electrons. The third-order valence-electron chi connectivity index (χ3n) is 4.40. The molecule has 0 atom stereocenters. The predicted octanol–water partition coefficient (Wildman–Crippen LogP) is 5.82. The highest BCUT2D eigenvalue weighted by Crippen LogP contribution is 2.33. The van der Waals surface area contributed by atoms with Crippen molar-refractivity contribution in [1.29, 1.82) is 0 Å². The fourth-order valence-corrected chi connectivity index (χ4v) is 4.14. The van der Waals surface area contributed by atoms with E-state index in [-0.39, 0.29) is 17.2 Å². The maximum Gasteiger partial charge on any atom is 0.405 e. The average Bonchev–Trinajstić information content (AvgIpc) is 2.71. The third-order valence-corrected chi connectivity index (χ3v) is 5.77. The Bertz CT molecular complexity index is 1130. The smallest absolute Gasteiger partial charge is 0.343 e. The number of benzene rings is 3. The van der Waals surface area contributed by atoms with Gasteiger partial charge in [-0.05, 0) is 42.1 Å². The SMILES string of the molecule is Cc1ccc(C(=O)NCC(F)(F)F)cc1NC(=O)CSc1cccc2cccc(Cl)c12. The van der Waals surface area contributed by atoms with Crippen LogP contribution in [0.2, 0.25) is 5.02 Å². The number of alkyl halides is 3. The summed E-state index contributed by atoms with van der Waals surface area (Å²) in [6.45, 7) is 0.302. The fourth-order valence-electron chi connectivity index (χ4n) is 2.89. The summed E-state index contributed by atoms with van der Waals surface area (Å²) in [4.78, 5) is 25.3. The van der Waals surface area contributed by atoms with Crippen LogP contribution < -0.4 is 10.6 Å². The molecular weight excluding hydrogens is 449 g/mol. The van der Waals surface area contributed by atoms with Crippen molar-refractivity contribution in [3.05, 3.63) is 70.7 Å². The minimum Gasteiger partial charge on any atom is -0.343 e. The molecule has 0 heterocycles. The second kappa shape index (κ2) is 9.62. The summed E-state index contributed by atoms with van der Waals surface area (Å²) in [5.74, 6) is -1.09. The van der Waals surface area contributed by atoms with Crippen molar-refractivity contribution in [3.63, 3.8) is 0 Å². The number of nitrogens with one attached hydrogen (secondary N) is 2. The highest BCUT2D eigenvalue weighted by molar-refractivity contribution is 8.00. The first-order valence-electron chi connectivity index (χ1n) is 9.19. The lowest BCUT2D eigenvalue weighted by atomic mass is 10.1. The maximum absolute atomic E-state index is 12.5. The summed E-state index contributed by atoms with van der Waals surface area (Å²) >= 11 is 7.62. The molecule has 0 aliphatic carbocycles. The lowest BCUT2D eigenvalue weighted by molar-refractivity contribution is -0.123. The lowest BCUT2D eigenvalue weighted by Gasteiger charge is -2.12. The number of hydrogen-bond acceptors (Lipinski definition) is 3. The van der Waals surface area contributed by atoms with Gasteiger partial charge in [-0.3, -0.25) is 9.59 Å².